The molecule has 2 nitrogen and oxygen atoms in total. The van der Waals surface area contributed by atoms with Crippen molar-refractivity contribution >= 4 is 27.5 Å². The van der Waals surface area contributed by atoms with Crippen molar-refractivity contribution in [1.82, 2.24) is 4.57 Å². The van der Waals surface area contributed by atoms with Crippen LogP contribution in [0.3, 0.4) is 0 Å². The lowest BCUT2D eigenvalue weighted by Gasteiger charge is -2.07. The minimum atomic E-state index is -0.383. The van der Waals surface area contributed by atoms with E-state index in [2.05, 4.69) is 15.9 Å². The van der Waals surface area contributed by atoms with Gasteiger partial charge in [-0.1, -0.05) is 40.5 Å². The highest BCUT2D eigenvalue weighted by Crippen LogP contribution is 2.23. The Morgan fingerprint density at radius 1 is 1.39 bits per heavy atom. The zero-order valence-corrected chi connectivity index (χ0v) is 12.4. The van der Waals surface area contributed by atoms with Gasteiger partial charge in [0.2, 0.25) is 0 Å². The van der Waals surface area contributed by atoms with Gasteiger partial charge in [-0.3, -0.25) is 0 Å². The molecule has 1 atom stereocenters. The first kappa shape index (κ1) is 13.7. The van der Waals surface area contributed by atoms with Gasteiger partial charge in [-0.2, -0.15) is 0 Å². The van der Waals surface area contributed by atoms with Crippen molar-refractivity contribution in [1.29, 1.82) is 0 Å². The van der Waals surface area contributed by atoms with Crippen LogP contribution in [0.1, 0.15) is 30.6 Å². The van der Waals surface area contributed by atoms with Crippen molar-refractivity contribution in [2.75, 3.05) is 0 Å². The first-order chi connectivity index (χ1) is 8.60. The van der Waals surface area contributed by atoms with Crippen LogP contribution in [0.2, 0.25) is 5.02 Å². The molecule has 0 fully saturated rings. The minimum Gasteiger partial charge on any atom is -0.388 e. The molecule has 0 amide bonds. The minimum absolute atomic E-state index is 0.383. The fourth-order valence-electron chi connectivity index (χ4n) is 1.84. The van der Waals surface area contributed by atoms with Crippen molar-refractivity contribution < 1.29 is 5.11 Å². The first-order valence-electron chi connectivity index (χ1n) is 5.88. The predicted octanol–water partition coefficient (Wildman–Crippen LogP) is 4.40. The Morgan fingerprint density at radius 3 is 2.83 bits per heavy atom. The number of benzene rings is 1. The molecule has 1 unspecified atom stereocenters. The molecule has 0 saturated carbocycles. The molecule has 1 heterocycles. The zero-order chi connectivity index (χ0) is 13.1. The standard InChI is InChI=1S/C14H15BrClNO/c1-2-14(18)11-5-6-17(9-11)8-10-3-4-12(15)7-13(10)16/h3-7,9,14,18H,2,8H2,1H3. The Labute approximate surface area is 120 Å². The van der Waals surface area contributed by atoms with Gasteiger partial charge in [0.15, 0.2) is 0 Å². The number of aliphatic hydroxyl groups excluding tert-OH is 1. The zero-order valence-electron chi connectivity index (χ0n) is 10.1. The average molecular weight is 329 g/mol. The summed E-state index contributed by atoms with van der Waals surface area (Å²) in [5.74, 6) is 0. The van der Waals surface area contributed by atoms with Crippen LogP contribution in [-0.2, 0) is 6.54 Å². The van der Waals surface area contributed by atoms with Crippen LogP contribution < -0.4 is 0 Å². The lowest BCUT2D eigenvalue weighted by Crippen LogP contribution is -1.98. The van der Waals surface area contributed by atoms with Gasteiger partial charge in [0, 0.05) is 28.4 Å². The Bertz CT molecular complexity index is 538. The summed E-state index contributed by atoms with van der Waals surface area (Å²) in [6.07, 6.45) is 4.27. The molecule has 1 aromatic carbocycles. The summed E-state index contributed by atoms with van der Waals surface area (Å²) in [5, 5.41) is 10.5. The molecule has 0 radical (unpaired) electrons. The maximum atomic E-state index is 9.75. The predicted molar refractivity (Wildman–Crippen MR) is 77.9 cm³/mol. The van der Waals surface area contributed by atoms with Gasteiger partial charge in [-0.15, -0.1) is 0 Å². The van der Waals surface area contributed by atoms with E-state index in [0.717, 1.165) is 27.0 Å². The van der Waals surface area contributed by atoms with Crippen LogP contribution in [-0.4, -0.2) is 9.67 Å². The van der Waals surface area contributed by atoms with Crippen LogP contribution in [0.4, 0.5) is 0 Å². The van der Waals surface area contributed by atoms with Gasteiger partial charge in [0.1, 0.15) is 0 Å². The van der Waals surface area contributed by atoms with E-state index in [9.17, 15) is 5.11 Å². The summed E-state index contributed by atoms with van der Waals surface area (Å²) in [6, 6.07) is 7.82. The summed E-state index contributed by atoms with van der Waals surface area (Å²) in [6.45, 7) is 2.68. The monoisotopic (exact) mass is 327 g/mol. The van der Waals surface area contributed by atoms with Crippen LogP contribution >= 0.6 is 27.5 Å². The molecule has 0 aliphatic carbocycles. The van der Waals surface area contributed by atoms with Gasteiger partial charge in [0.05, 0.1) is 6.10 Å². The molecule has 96 valence electrons. The fraction of sp³-hybridized carbons (Fsp3) is 0.286. The number of hydrogen-bond donors (Lipinski definition) is 1. The lowest BCUT2D eigenvalue weighted by atomic mass is 10.1. The number of nitrogens with zero attached hydrogens (tertiary/aromatic N) is 1. The van der Waals surface area contributed by atoms with E-state index in [1.165, 1.54) is 0 Å². The third-order valence-corrected chi connectivity index (χ3v) is 3.76. The van der Waals surface area contributed by atoms with E-state index in [-0.39, 0.29) is 6.10 Å². The number of rotatable bonds is 4. The van der Waals surface area contributed by atoms with Gasteiger partial charge in [0.25, 0.3) is 0 Å². The molecule has 1 aromatic heterocycles. The maximum Gasteiger partial charge on any atom is 0.0802 e. The highest BCUT2D eigenvalue weighted by atomic mass is 79.9. The Hall–Kier alpha value is -0.770. The van der Waals surface area contributed by atoms with Crippen LogP contribution in [0.15, 0.2) is 41.1 Å². The first-order valence-corrected chi connectivity index (χ1v) is 7.05. The molecule has 2 aromatic rings. The number of aromatic nitrogens is 1. The maximum absolute atomic E-state index is 9.75. The van der Waals surface area contributed by atoms with Crippen LogP contribution in [0.25, 0.3) is 0 Å². The van der Waals surface area contributed by atoms with E-state index < -0.39 is 0 Å². The van der Waals surface area contributed by atoms with Crippen LogP contribution in [0.5, 0.6) is 0 Å². The molecule has 1 N–H and O–H groups in total. The summed E-state index contributed by atoms with van der Waals surface area (Å²) in [7, 11) is 0. The fourth-order valence-corrected chi connectivity index (χ4v) is 2.57. The topological polar surface area (TPSA) is 25.2 Å². The van der Waals surface area contributed by atoms with E-state index in [1.807, 2.05) is 48.1 Å². The van der Waals surface area contributed by atoms with E-state index in [1.54, 1.807) is 0 Å². The number of halogens is 2. The third kappa shape index (κ3) is 3.16. The molecule has 2 rings (SSSR count). The highest BCUT2D eigenvalue weighted by molar-refractivity contribution is 9.10. The highest BCUT2D eigenvalue weighted by Gasteiger charge is 2.07. The summed E-state index contributed by atoms with van der Waals surface area (Å²) < 4.78 is 3.01. The SMILES string of the molecule is CCC(O)c1ccn(Cc2ccc(Br)cc2Cl)c1. The second-order valence-corrected chi connectivity index (χ2v) is 5.60. The largest absolute Gasteiger partial charge is 0.388 e. The lowest BCUT2D eigenvalue weighted by molar-refractivity contribution is 0.173. The summed E-state index contributed by atoms with van der Waals surface area (Å²) in [4.78, 5) is 0. The van der Waals surface area contributed by atoms with Crippen molar-refractivity contribution in [3.05, 3.63) is 57.3 Å². The summed E-state index contributed by atoms with van der Waals surface area (Å²) in [5.41, 5.74) is 2.01. The Morgan fingerprint density at radius 2 is 2.17 bits per heavy atom. The molecule has 0 spiro atoms. The number of hydrogen-bond acceptors (Lipinski definition) is 1. The van der Waals surface area contributed by atoms with E-state index in [0.29, 0.717) is 6.54 Å². The third-order valence-electron chi connectivity index (χ3n) is 2.91. The van der Waals surface area contributed by atoms with Gasteiger partial charge >= 0.3 is 0 Å². The molecule has 0 saturated heterocycles. The van der Waals surface area contributed by atoms with Gasteiger partial charge < -0.3 is 9.67 Å². The van der Waals surface area contributed by atoms with Crippen LogP contribution in [0, 0.1) is 0 Å². The quantitative estimate of drug-likeness (QED) is 0.884. The van der Waals surface area contributed by atoms with E-state index in [4.69, 9.17) is 11.6 Å². The Kier molecular flexibility index (Phi) is 4.49. The van der Waals surface area contributed by atoms with Gasteiger partial charge in [-0.05, 0) is 35.7 Å². The molecule has 0 aliphatic heterocycles. The van der Waals surface area contributed by atoms with Crippen molar-refractivity contribution in [3.63, 3.8) is 0 Å². The Balaban J connectivity index is 2.16. The smallest absolute Gasteiger partial charge is 0.0802 e. The second-order valence-electron chi connectivity index (χ2n) is 4.28. The van der Waals surface area contributed by atoms with Crippen molar-refractivity contribution in [3.8, 4) is 0 Å². The second kappa shape index (κ2) is 5.91. The molecular weight excluding hydrogens is 314 g/mol. The molecular formula is C14H15BrClNO. The van der Waals surface area contributed by atoms with Gasteiger partial charge in [-0.25, -0.2) is 0 Å². The summed E-state index contributed by atoms with van der Waals surface area (Å²) >= 11 is 9.57. The number of aliphatic hydroxyl groups is 1. The molecule has 18 heavy (non-hydrogen) atoms. The van der Waals surface area contributed by atoms with E-state index >= 15 is 0 Å². The van der Waals surface area contributed by atoms with Crippen molar-refractivity contribution in [2.45, 2.75) is 26.0 Å². The molecule has 0 aliphatic rings. The molecule has 4 heteroatoms. The average Bonchev–Trinajstić information content (AvgIpc) is 2.80. The normalized spacial score (nSPS) is 12.7. The molecule has 0 bridgehead atoms. The van der Waals surface area contributed by atoms with Crippen molar-refractivity contribution in [2.24, 2.45) is 0 Å².